The number of halogens is 1. The lowest BCUT2D eigenvalue weighted by Gasteiger charge is -2.18. The van der Waals surface area contributed by atoms with Crippen LogP contribution in [0.25, 0.3) is 0 Å². The average molecular weight is 374 g/mol. The number of carbonyl (C=O) groups excluding carboxylic acids is 2. The molecule has 2 aromatic rings. The summed E-state index contributed by atoms with van der Waals surface area (Å²) in [5.41, 5.74) is 1.35. The van der Waals surface area contributed by atoms with E-state index in [1.54, 1.807) is 23.1 Å². The van der Waals surface area contributed by atoms with E-state index in [1.165, 1.54) is 25.1 Å². The number of anilines is 2. The van der Waals surface area contributed by atoms with Crippen molar-refractivity contribution in [2.45, 2.75) is 19.8 Å². The lowest BCUT2D eigenvalue weighted by atomic mass is 10.1. The van der Waals surface area contributed by atoms with Gasteiger partial charge in [0.15, 0.2) is 0 Å². The molecule has 0 unspecified atom stereocenters. The zero-order chi connectivity index (χ0) is 18.8. The molecule has 1 aliphatic heterocycles. The Hall–Kier alpha value is -2.93. The van der Waals surface area contributed by atoms with Crippen LogP contribution in [-0.4, -0.2) is 23.3 Å². The van der Waals surface area contributed by atoms with Crippen molar-refractivity contribution in [3.63, 3.8) is 0 Å². The Balaban J connectivity index is 1.89. The number of nitrogens with zero attached hydrogens (tertiary/aromatic N) is 2. The largest absolute Gasteiger partial charge is 0.321 e. The van der Waals surface area contributed by atoms with E-state index < -0.39 is 10.8 Å². The molecule has 0 saturated carbocycles. The Morgan fingerprint density at radius 2 is 2.08 bits per heavy atom. The summed E-state index contributed by atoms with van der Waals surface area (Å²) in [5.74, 6) is -0.475. The predicted octanol–water partition coefficient (Wildman–Crippen LogP) is 3.94. The molecule has 1 aliphatic rings. The van der Waals surface area contributed by atoms with Gasteiger partial charge >= 0.3 is 0 Å². The first-order valence-corrected chi connectivity index (χ1v) is 8.41. The maximum Gasteiger partial charge on any atom is 0.273 e. The normalized spacial score (nSPS) is 13.8. The summed E-state index contributed by atoms with van der Waals surface area (Å²) in [6.07, 6.45) is 1.28. The molecule has 0 aromatic heterocycles. The third-order valence-corrected chi connectivity index (χ3v) is 4.66. The molecule has 1 heterocycles. The highest BCUT2D eigenvalue weighted by Gasteiger charge is 2.23. The van der Waals surface area contributed by atoms with E-state index in [-0.39, 0.29) is 22.7 Å². The van der Waals surface area contributed by atoms with Crippen LogP contribution in [-0.2, 0) is 4.79 Å². The van der Waals surface area contributed by atoms with Crippen LogP contribution in [0.15, 0.2) is 36.4 Å². The van der Waals surface area contributed by atoms with Crippen molar-refractivity contribution < 1.29 is 14.5 Å². The molecule has 2 amide bonds. The van der Waals surface area contributed by atoms with E-state index in [1.807, 2.05) is 0 Å². The SMILES string of the molecule is Cc1c(C(=O)Nc2cc(N3CCCC3=O)ccc2Cl)cccc1[N+](=O)[O-]. The lowest BCUT2D eigenvalue weighted by molar-refractivity contribution is -0.385. The van der Waals surface area contributed by atoms with Gasteiger partial charge in [0, 0.05) is 35.8 Å². The molecule has 7 nitrogen and oxygen atoms in total. The van der Waals surface area contributed by atoms with Crippen LogP contribution >= 0.6 is 11.6 Å². The fourth-order valence-corrected chi connectivity index (χ4v) is 3.12. The van der Waals surface area contributed by atoms with Gasteiger partial charge in [-0.25, -0.2) is 0 Å². The van der Waals surface area contributed by atoms with Gasteiger partial charge in [0.05, 0.1) is 15.6 Å². The van der Waals surface area contributed by atoms with Crippen molar-refractivity contribution in [2.75, 3.05) is 16.8 Å². The average Bonchev–Trinajstić information content (AvgIpc) is 3.02. The van der Waals surface area contributed by atoms with Gasteiger partial charge < -0.3 is 10.2 Å². The number of hydrogen-bond acceptors (Lipinski definition) is 4. The Morgan fingerprint density at radius 3 is 2.73 bits per heavy atom. The highest BCUT2D eigenvalue weighted by Crippen LogP contribution is 2.31. The summed E-state index contributed by atoms with van der Waals surface area (Å²) in [7, 11) is 0. The fourth-order valence-electron chi connectivity index (χ4n) is 2.95. The van der Waals surface area contributed by atoms with Gasteiger partial charge in [-0.3, -0.25) is 19.7 Å². The number of nitro benzene ring substituents is 1. The van der Waals surface area contributed by atoms with Crippen molar-refractivity contribution in [3.8, 4) is 0 Å². The Kier molecular flexibility index (Phi) is 4.90. The van der Waals surface area contributed by atoms with E-state index in [9.17, 15) is 19.7 Å². The third-order valence-electron chi connectivity index (χ3n) is 4.33. The second-order valence-electron chi connectivity index (χ2n) is 5.97. The van der Waals surface area contributed by atoms with Crippen molar-refractivity contribution >= 4 is 40.5 Å². The van der Waals surface area contributed by atoms with Gasteiger partial charge in [-0.15, -0.1) is 0 Å². The molecule has 0 spiro atoms. The number of carbonyl (C=O) groups is 2. The fraction of sp³-hybridized carbons (Fsp3) is 0.222. The van der Waals surface area contributed by atoms with Crippen LogP contribution in [0.2, 0.25) is 5.02 Å². The molecule has 134 valence electrons. The topological polar surface area (TPSA) is 92.6 Å². The number of rotatable bonds is 4. The molecule has 3 rings (SSSR count). The van der Waals surface area contributed by atoms with Crippen molar-refractivity contribution in [2.24, 2.45) is 0 Å². The van der Waals surface area contributed by atoms with Gasteiger partial charge in [-0.05, 0) is 37.6 Å². The minimum absolute atomic E-state index is 0.0270. The molecule has 26 heavy (non-hydrogen) atoms. The smallest absolute Gasteiger partial charge is 0.273 e. The van der Waals surface area contributed by atoms with E-state index in [4.69, 9.17) is 11.6 Å². The van der Waals surface area contributed by atoms with Crippen LogP contribution in [0.1, 0.15) is 28.8 Å². The molecule has 1 N–H and O–H groups in total. The number of hydrogen-bond donors (Lipinski definition) is 1. The molecule has 0 radical (unpaired) electrons. The number of nitrogens with one attached hydrogen (secondary N) is 1. The molecule has 0 atom stereocenters. The van der Waals surface area contributed by atoms with Crippen molar-refractivity contribution in [1.82, 2.24) is 0 Å². The van der Waals surface area contributed by atoms with E-state index in [2.05, 4.69) is 5.32 Å². The van der Waals surface area contributed by atoms with Gasteiger partial charge in [-0.1, -0.05) is 17.7 Å². The first-order chi connectivity index (χ1) is 12.4. The zero-order valence-corrected chi connectivity index (χ0v) is 14.7. The first-order valence-electron chi connectivity index (χ1n) is 8.04. The van der Waals surface area contributed by atoms with Gasteiger partial charge in [-0.2, -0.15) is 0 Å². The maximum absolute atomic E-state index is 12.6. The van der Waals surface area contributed by atoms with Crippen LogP contribution in [0, 0.1) is 17.0 Å². The first kappa shape index (κ1) is 17.9. The Bertz CT molecular complexity index is 913. The summed E-state index contributed by atoms with van der Waals surface area (Å²) in [4.78, 5) is 36.6. The number of amides is 2. The van der Waals surface area contributed by atoms with Gasteiger partial charge in [0.1, 0.15) is 0 Å². The molecule has 0 bridgehead atoms. The molecular weight excluding hydrogens is 358 g/mol. The highest BCUT2D eigenvalue weighted by atomic mass is 35.5. The van der Waals surface area contributed by atoms with Crippen molar-refractivity contribution in [1.29, 1.82) is 0 Å². The van der Waals surface area contributed by atoms with E-state index in [0.717, 1.165) is 6.42 Å². The molecule has 0 aliphatic carbocycles. The van der Waals surface area contributed by atoms with E-state index in [0.29, 0.717) is 29.4 Å². The minimum atomic E-state index is -0.529. The summed E-state index contributed by atoms with van der Waals surface area (Å²) < 4.78 is 0. The summed E-state index contributed by atoms with van der Waals surface area (Å²) in [5, 5.41) is 14.0. The van der Waals surface area contributed by atoms with Crippen LogP contribution in [0.4, 0.5) is 17.1 Å². The number of benzene rings is 2. The predicted molar refractivity (Wildman–Crippen MR) is 98.8 cm³/mol. The maximum atomic E-state index is 12.6. The molecule has 1 fully saturated rings. The Labute approximate surface area is 154 Å². The van der Waals surface area contributed by atoms with Crippen LogP contribution in [0.3, 0.4) is 0 Å². The zero-order valence-electron chi connectivity index (χ0n) is 14.0. The lowest BCUT2D eigenvalue weighted by Crippen LogP contribution is -2.24. The van der Waals surface area contributed by atoms with Crippen molar-refractivity contribution in [3.05, 3.63) is 62.7 Å². The van der Waals surface area contributed by atoms with Gasteiger partial charge in [0.2, 0.25) is 5.91 Å². The molecule has 1 saturated heterocycles. The Morgan fingerprint density at radius 1 is 1.31 bits per heavy atom. The van der Waals surface area contributed by atoms with Gasteiger partial charge in [0.25, 0.3) is 11.6 Å². The molecular formula is C18H16ClN3O4. The summed E-state index contributed by atoms with van der Waals surface area (Å²) in [6.45, 7) is 2.14. The quantitative estimate of drug-likeness (QED) is 0.649. The third kappa shape index (κ3) is 3.39. The van der Waals surface area contributed by atoms with Crippen LogP contribution in [0.5, 0.6) is 0 Å². The second kappa shape index (κ2) is 7.13. The summed E-state index contributed by atoms with van der Waals surface area (Å²) >= 11 is 6.17. The second-order valence-corrected chi connectivity index (χ2v) is 6.38. The standard InChI is InChI=1S/C18H16ClN3O4/c1-11-13(4-2-5-16(11)22(25)26)18(24)20-15-10-12(7-8-14(15)19)21-9-3-6-17(21)23/h2,4-5,7-8,10H,3,6,9H2,1H3,(H,20,24). The highest BCUT2D eigenvalue weighted by molar-refractivity contribution is 6.34. The number of nitro groups is 1. The molecule has 8 heteroatoms. The van der Waals surface area contributed by atoms with Crippen LogP contribution < -0.4 is 10.2 Å². The van der Waals surface area contributed by atoms with E-state index >= 15 is 0 Å². The minimum Gasteiger partial charge on any atom is -0.321 e. The molecule has 2 aromatic carbocycles. The summed E-state index contributed by atoms with van der Waals surface area (Å²) in [6, 6.07) is 9.29. The monoisotopic (exact) mass is 373 g/mol.